The van der Waals surface area contributed by atoms with Crippen molar-refractivity contribution in [3.63, 3.8) is 0 Å². The van der Waals surface area contributed by atoms with Gasteiger partial charge in [0.15, 0.2) is 0 Å². The van der Waals surface area contributed by atoms with Crippen LogP contribution in [0.1, 0.15) is 52.9 Å². The van der Waals surface area contributed by atoms with Crippen LogP contribution in [0.25, 0.3) is 49.3 Å². The normalized spacial score (nSPS) is 12.6. The van der Waals surface area contributed by atoms with Gasteiger partial charge in [0, 0.05) is 45.6 Å². The van der Waals surface area contributed by atoms with Gasteiger partial charge in [-0.05, 0) is 51.2 Å². The zero-order valence-corrected chi connectivity index (χ0v) is 22.5. The van der Waals surface area contributed by atoms with E-state index in [1.165, 1.54) is 49.4 Å². The summed E-state index contributed by atoms with van der Waals surface area (Å²) in [5, 5.41) is 7.58. The van der Waals surface area contributed by atoms with Crippen LogP contribution in [0, 0.1) is 0 Å². The Kier molecular flexibility index (Phi) is 5.24. The van der Waals surface area contributed by atoms with E-state index in [2.05, 4.69) is 129 Å². The van der Waals surface area contributed by atoms with Crippen molar-refractivity contribution in [1.29, 1.82) is 0 Å². The van der Waals surface area contributed by atoms with Gasteiger partial charge >= 0.3 is 0 Å². The van der Waals surface area contributed by atoms with Gasteiger partial charge in [-0.25, -0.2) is 0 Å². The van der Waals surface area contributed by atoms with Gasteiger partial charge in [-0.15, -0.1) is 0 Å². The maximum absolute atomic E-state index is 4.57. The molecule has 0 saturated heterocycles. The predicted molar refractivity (Wildman–Crippen MR) is 157 cm³/mol. The Morgan fingerprint density at radius 1 is 0.595 bits per heavy atom. The topological polar surface area (TPSA) is 30.7 Å². The lowest BCUT2D eigenvalue weighted by Gasteiger charge is -2.29. The number of benzene rings is 4. The monoisotopic (exact) mass is 483 g/mol. The minimum atomic E-state index is -0.00251. The highest BCUT2D eigenvalue weighted by molar-refractivity contribution is 6.27. The highest BCUT2D eigenvalue weighted by Crippen LogP contribution is 2.42. The number of aromatic nitrogens is 3. The minimum Gasteiger partial charge on any atom is -0.316 e. The van der Waals surface area contributed by atoms with E-state index in [-0.39, 0.29) is 10.8 Å². The molecular formula is C34H33N3. The molecule has 0 saturated carbocycles. The second kappa shape index (κ2) is 8.27. The van der Waals surface area contributed by atoms with Crippen LogP contribution in [0.2, 0.25) is 0 Å². The molecule has 37 heavy (non-hydrogen) atoms. The van der Waals surface area contributed by atoms with Crippen LogP contribution >= 0.6 is 0 Å². The summed E-state index contributed by atoms with van der Waals surface area (Å²) in [6.07, 6.45) is 5.31. The SMILES string of the molecule is CC(C)(C)c1ccc(C(C)(C)C)n1-c1cccc2c3ccccc3c3cc(-c4cnccn4)ccc3c12. The van der Waals surface area contributed by atoms with Gasteiger partial charge < -0.3 is 4.57 Å². The first kappa shape index (κ1) is 23.4. The van der Waals surface area contributed by atoms with Gasteiger partial charge in [-0.1, -0.05) is 90.1 Å². The van der Waals surface area contributed by atoms with E-state index in [0.29, 0.717) is 0 Å². The zero-order chi connectivity index (χ0) is 25.9. The van der Waals surface area contributed by atoms with Crippen LogP contribution in [0.5, 0.6) is 0 Å². The number of nitrogens with zero attached hydrogens (tertiary/aromatic N) is 3. The molecule has 2 heterocycles. The lowest BCUT2D eigenvalue weighted by atomic mass is 9.89. The average molecular weight is 484 g/mol. The molecule has 0 unspecified atom stereocenters. The van der Waals surface area contributed by atoms with E-state index in [4.69, 9.17) is 0 Å². The summed E-state index contributed by atoms with van der Waals surface area (Å²) in [6.45, 7) is 13.8. The van der Waals surface area contributed by atoms with Crippen molar-refractivity contribution in [2.75, 3.05) is 0 Å². The van der Waals surface area contributed by atoms with E-state index in [0.717, 1.165) is 11.3 Å². The molecule has 6 aromatic rings. The van der Waals surface area contributed by atoms with Gasteiger partial charge in [0.05, 0.1) is 17.6 Å². The summed E-state index contributed by atoms with van der Waals surface area (Å²) in [6, 6.07) is 26.9. The smallest absolute Gasteiger partial charge is 0.0885 e. The molecule has 0 radical (unpaired) electrons. The molecule has 0 aliphatic carbocycles. The minimum absolute atomic E-state index is 0.00251. The molecule has 6 rings (SSSR count). The third-order valence-corrected chi connectivity index (χ3v) is 7.36. The van der Waals surface area contributed by atoms with Crippen molar-refractivity contribution in [1.82, 2.24) is 14.5 Å². The standard InChI is InChI=1S/C34H33N3/c1-33(2,3)30-16-17-31(34(4,5)6)37(30)29-13-9-12-25-23-10-7-8-11-24(23)27-20-22(14-15-26(27)32(25)29)28-21-35-18-19-36-28/h7-21H,1-6H3. The van der Waals surface area contributed by atoms with Crippen molar-refractivity contribution in [2.45, 2.75) is 52.4 Å². The molecule has 0 spiro atoms. The van der Waals surface area contributed by atoms with Gasteiger partial charge in [-0.2, -0.15) is 0 Å². The van der Waals surface area contributed by atoms with Crippen molar-refractivity contribution in [3.05, 3.63) is 103 Å². The molecule has 0 bridgehead atoms. The fraction of sp³-hybridized carbons (Fsp3) is 0.235. The Morgan fingerprint density at radius 2 is 1.22 bits per heavy atom. The van der Waals surface area contributed by atoms with Gasteiger partial charge in [0.1, 0.15) is 0 Å². The average Bonchev–Trinajstić information content (AvgIpc) is 3.35. The largest absolute Gasteiger partial charge is 0.316 e. The van der Waals surface area contributed by atoms with Gasteiger partial charge in [0.2, 0.25) is 0 Å². The maximum atomic E-state index is 4.57. The van der Waals surface area contributed by atoms with E-state index < -0.39 is 0 Å². The lowest BCUT2D eigenvalue weighted by molar-refractivity contribution is 0.518. The number of hydrogen-bond donors (Lipinski definition) is 0. The summed E-state index contributed by atoms with van der Waals surface area (Å²) in [5.41, 5.74) is 5.84. The zero-order valence-electron chi connectivity index (χ0n) is 22.5. The molecule has 0 atom stereocenters. The first-order valence-corrected chi connectivity index (χ1v) is 13.0. The predicted octanol–water partition coefficient (Wildman–Crippen LogP) is 8.99. The van der Waals surface area contributed by atoms with Crippen LogP contribution in [0.15, 0.2) is 91.4 Å². The van der Waals surface area contributed by atoms with E-state index >= 15 is 0 Å². The Balaban J connectivity index is 1.79. The summed E-state index contributed by atoms with van der Waals surface area (Å²) in [5.74, 6) is 0. The van der Waals surface area contributed by atoms with Crippen molar-refractivity contribution in [2.24, 2.45) is 0 Å². The molecule has 3 heteroatoms. The van der Waals surface area contributed by atoms with Gasteiger partial charge in [0.25, 0.3) is 0 Å². The first-order valence-electron chi connectivity index (χ1n) is 13.0. The summed E-state index contributed by atoms with van der Waals surface area (Å²) < 4.78 is 2.52. The molecule has 0 amide bonds. The first-order chi connectivity index (χ1) is 17.6. The summed E-state index contributed by atoms with van der Waals surface area (Å²) in [4.78, 5) is 8.87. The third kappa shape index (κ3) is 3.81. The summed E-state index contributed by atoms with van der Waals surface area (Å²) >= 11 is 0. The fourth-order valence-corrected chi connectivity index (χ4v) is 5.65. The molecule has 0 N–H and O–H groups in total. The van der Waals surface area contributed by atoms with E-state index in [9.17, 15) is 0 Å². The van der Waals surface area contributed by atoms with Crippen molar-refractivity contribution in [3.8, 4) is 16.9 Å². The number of rotatable bonds is 2. The van der Waals surface area contributed by atoms with Gasteiger partial charge in [-0.3, -0.25) is 9.97 Å². The van der Waals surface area contributed by atoms with Crippen LogP contribution in [-0.2, 0) is 10.8 Å². The fourth-order valence-electron chi connectivity index (χ4n) is 5.65. The maximum Gasteiger partial charge on any atom is 0.0885 e. The van der Waals surface area contributed by atoms with Crippen molar-refractivity contribution < 1.29 is 0 Å². The number of hydrogen-bond acceptors (Lipinski definition) is 2. The molecule has 2 aromatic heterocycles. The van der Waals surface area contributed by atoms with Crippen LogP contribution in [0.4, 0.5) is 0 Å². The second-order valence-corrected chi connectivity index (χ2v) is 12.0. The highest BCUT2D eigenvalue weighted by Gasteiger charge is 2.28. The Morgan fingerprint density at radius 3 is 1.84 bits per heavy atom. The van der Waals surface area contributed by atoms with Crippen LogP contribution in [0.3, 0.4) is 0 Å². The molecular weight excluding hydrogens is 450 g/mol. The van der Waals surface area contributed by atoms with E-state index in [1.54, 1.807) is 12.4 Å². The molecule has 3 nitrogen and oxygen atoms in total. The summed E-state index contributed by atoms with van der Waals surface area (Å²) in [7, 11) is 0. The quantitative estimate of drug-likeness (QED) is 0.230. The van der Waals surface area contributed by atoms with Crippen molar-refractivity contribution >= 4 is 32.3 Å². The van der Waals surface area contributed by atoms with E-state index in [1.807, 2.05) is 6.20 Å². The molecule has 0 aliphatic heterocycles. The molecule has 0 aliphatic rings. The molecule has 0 fully saturated rings. The highest BCUT2D eigenvalue weighted by atomic mass is 15.0. The second-order valence-electron chi connectivity index (χ2n) is 12.0. The Bertz CT molecular complexity index is 1750. The lowest BCUT2D eigenvalue weighted by Crippen LogP contribution is -2.22. The van der Waals surface area contributed by atoms with Crippen LogP contribution in [-0.4, -0.2) is 14.5 Å². The third-order valence-electron chi connectivity index (χ3n) is 7.36. The molecule has 184 valence electrons. The van der Waals surface area contributed by atoms with Crippen LogP contribution < -0.4 is 0 Å². The molecule has 4 aromatic carbocycles. The number of fused-ring (bicyclic) bond motifs is 6. The Hall–Kier alpha value is -3.98. The Labute approximate surface area is 218 Å².